The average Bonchev–Trinajstić information content (AvgIpc) is 2.74. The molecule has 4 heteroatoms. The average molecular weight is 272 g/mol. The summed E-state index contributed by atoms with van der Waals surface area (Å²) < 4.78 is 1.96. The highest BCUT2D eigenvalue weighted by Crippen LogP contribution is 2.18. The van der Waals surface area contributed by atoms with Gasteiger partial charge in [0.15, 0.2) is 0 Å². The molecule has 0 aliphatic carbocycles. The van der Waals surface area contributed by atoms with E-state index in [1.807, 2.05) is 18.7 Å². The van der Waals surface area contributed by atoms with Gasteiger partial charge >= 0.3 is 0 Å². The Kier molecular flexibility index (Phi) is 4.79. The number of hydrogen-bond acceptors (Lipinski definition) is 3. The summed E-state index contributed by atoms with van der Waals surface area (Å²) in [6, 6.07) is 10.8. The fraction of sp³-hybridized carbons (Fsp3) is 0.438. The van der Waals surface area contributed by atoms with Gasteiger partial charge in [0.2, 0.25) is 0 Å². The maximum absolute atomic E-state index is 5.66. The summed E-state index contributed by atoms with van der Waals surface area (Å²) in [6.45, 7) is 6.68. The number of aromatic nitrogens is 2. The van der Waals surface area contributed by atoms with Crippen LogP contribution in [0, 0.1) is 13.8 Å². The van der Waals surface area contributed by atoms with Crippen LogP contribution in [0.1, 0.15) is 23.4 Å². The van der Waals surface area contributed by atoms with E-state index in [0.29, 0.717) is 6.54 Å². The lowest BCUT2D eigenvalue weighted by Crippen LogP contribution is -2.26. The Bertz CT molecular complexity index is 542. The van der Waals surface area contributed by atoms with Gasteiger partial charge in [-0.15, -0.1) is 0 Å². The highest BCUT2D eigenvalue weighted by atomic mass is 15.3. The molecule has 0 fully saturated rings. The molecule has 0 bridgehead atoms. The quantitative estimate of drug-likeness (QED) is 0.878. The number of hydrogen-bond donors (Lipinski definition) is 1. The molecule has 1 aromatic carbocycles. The summed E-state index contributed by atoms with van der Waals surface area (Å²) in [5.41, 5.74) is 10.5. The molecule has 0 saturated carbocycles. The van der Waals surface area contributed by atoms with Crippen LogP contribution in [0.3, 0.4) is 0 Å². The second-order valence-electron chi connectivity index (χ2n) is 5.30. The van der Waals surface area contributed by atoms with E-state index in [-0.39, 0.29) is 0 Å². The Morgan fingerprint density at radius 2 is 1.90 bits per heavy atom. The number of benzene rings is 1. The summed E-state index contributed by atoms with van der Waals surface area (Å²) in [5, 5.41) is 4.42. The van der Waals surface area contributed by atoms with Gasteiger partial charge in [-0.3, -0.25) is 4.68 Å². The summed E-state index contributed by atoms with van der Waals surface area (Å²) in [7, 11) is 2.00. The molecule has 20 heavy (non-hydrogen) atoms. The molecule has 2 N–H and O–H groups in total. The standard InChI is InChI=1S/C16H24N4/c1-13-5-7-15(8-6-13)20(10-4-9-17)12-16-11-14(2)18-19(16)3/h5-8,11H,4,9-10,12,17H2,1-3H3. The lowest BCUT2D eigenvalue weighted by Gasteiger charge is -2.25. The molecular formula is C16H24N4. The van der Waals surface area contributed by atoms with Crippen molar-refractivity contribution in [1.29, 1.82) is 0 Å². The molecule has 108 valence electrons. The first-order valence-electron chi connectivity index (χ1n) is 7.11. The summed E-state index contributed by atoms with van der Waals surface area (Å²) in [5.74, 6) is 0. The lowest BCUT2D eigenvalue weighted by molar-refractivity contribution is 0.663. The molecule has 0 radical (unpaired) electrons. The van der Waals surface area contributed by atoms with E-state index in [9.17, 15) is 0 Å². The minimum atomic E-state index is 0.715. The van der Waals surface area contributed by atoms with Crippen molar-refractivity contribution in [1.82, 2.24) is 9.78 Å². The number of nitrogens with zero attached hydrogens (tertiary/aromatic N) is 3. The molecule has 2 rings (SSSR count). The van der Waals surface area contributed by atoms with Crippen LogP contribution in [0.5, 0.6) is 0 Å². The predicted octanol–water partition coefficient (Wildman–Crippen LogP) is 2.39. The van der Waals surface area contributed by atoms with Crippen molar-refractivity contribution in [2.24, 2.45) is 12.8 Å². The predicted molar refractivity (Wildman–Crippen MR) is 83.8 cm³/mol. The summed E-state index contributed by atoms with van der Waals surface area (Å²) in [4.78, 5) is 2.36. The summed E-state index contributed by atoms with van der Waals surface area (Å²) in [6.07, 6.45) is 0.991. The highest BCUT2D eigenvalue weighted by molar-refractivity contribution is 5.47. The van der Waals surface area contributed by atoms with Gasteiger partial charge < -0.3 is 10.6 Å². The Hall–Kier alpha value is -1.81. The Balaban J connectivity index is 2.18. The molecule has 0 spiro atoms. The minimum absolute atomic E-state index is 0.715. The fourth-order valence-corrected chi connectivity index (χ4v) is 2.34. The lowest BCUT2D eigenvalue weighted by atomic mass is 10.2. The zero-order valence-corrected chi connectivity index (χ0v) is 12.6. The topological polar surface area (TPSA) is 47.1 Å². The Morgan fingerprint density at radius 3 is 2.45 bits per heavy atom. The molecule has 0 amide bonds. The van der Waals surface area contributed by atoms with Crippen molar-refractivity contribution in [3.05, 3.63) is 47.3 Å². The van der Waals surface area contributed by atoms with Crippen LogP contribution in [-0.2, 0) is 13.6 Å². The molecule has 1 heterocycles. The molecular weight excluding hydrogens is 248 g/mol. The maximum atomic E-state index is 5.66. The van der Waals surface area contributed by atoms with Gasteiger partial charge in [0.25, 0.3) is 0 Å². The van der Waals surface area contributed by atoms with Crippen molar-refractivity contribution in [2.45, 2.75) is 26.8 Å². The zero-order valence-electron chi connectivity index (χ0n) is 12.6. The molecule has 0 saturated heterocycles. The molecule has 4 nitrogen and oxygen atoms in total. The summed E-state index contributed by atoms with van der Waals surface area (Å²) >= 11 is 0. The molecule has 0 aliphatic heterocycles. The van der Waals surface area contributed by atoms with E-state index in [4.69, 9.17) is 5.73 Å². The van der Waals surface area contributed by atoms with Gasteiger partial charge in [-0.25, -0.2) is 0 Å². The van der Waals surface area contributed by atoms with Crippen molar-refractivity contribution in [2.75, 3.05) is 18.0 Å². The first kappa shape index (κ1) is 14.6. The highest BCUT2D eigenvalue weighted by Gasteiger charge is 2.10. The molecule has 0 aliphatic rings. The van der Waals surface area contributed by atoms with Crippen molar-refractivity contribution in [3.63, 3.8) is 0 Å². The Morgan fingerprint density at radius 1 is 1.20 bits per heavy atom. The van der Waals surface area contributed by atoms with E-state index in [2.05, 4.69) is 47.3 Å². The van der Waals surface area contributed by atoms with Gasteiger partial charge in [-0.05, 0) is 45.0 Å². The largest absolute Gasteiger partial charge is 0.366 e. The van der Waals surface area contributed by atoms with E-state index < -0.39 is 0 Å². The third-order valence-corrected chi connectivity index (χ3v) is 3.48. The normalized spacial score (nSPS) is 10.8. The zero-order chi connectivity index (χ0) is 14.5. The smallest absolute Gasteiger partial charge is 0.0598 e. The maximum Gasteiger partial charge on any atom is 0.0598 e. The number of nitrogens with two attached hydrogens (primary N) is 1. The minimum Gasteiger partial charge on any atom is -0.366 e. The van der Waals surface area contributed by atoms with E-state index in [0.717, 1.165) is 25.2 Å². The fourth-order valence-electron chi connectivity index (χ4n) is 2.34. The van der Waals surface area contributed by atoms with Crippen LogP contribution in [0.2, 0.25) is 0 Å². The van der Waals surface area contributed by atoms with Crippen LogP contribution in [0.15, 0.2) is 30.3 Å². The molecule has 2 aromatic rings. The van der Waals surface area contributed by atoms with E-state index in [1.54, 1.807) is 0 Å². The van der Waals surface area contributed by atoms with Gasteiger partial charge in [-0.1, -0.05) is 17.7 Å². The van der Waals surface area contributed by atoms with Crippen molar-refractivity contribution < 1.29 is 0 Å². The van der Waals surface area contributed by atoms with Crippen molar-refractivity contribution >= 4 is 5.69 Å². The van der Waals surface area contributed by atoms with Crippen LogP contribution in [0.4, 0.5) is 5.69 Å². The second kappa shape index (κ2) is 6.57. The molecule has 1 aromatic heterocycles. The molecule has 0 unspecified atom stereocenters. The van der Waals surface area contributed by atoms with Gasteiger partial charge in [-0.2, -0.15) is 5.10 Å². The van der Waals surface area contributed by atoms with Crippen molar-refractivity contribution in [3.8, 4) is 0 Å². The van der Waals surface area contributed by atoms with Gasteiger partial charge in [0.05, 0.1) is 17.9 Å². The Labute approximate surface area is 121 Å². The first-order valence-corrected chi connectivity index (χ1v) is 7.11. The second-order valence-corrected chi connectivity index (χ2v) is 5.30. The van der Waals surface area contributed by atoms with Crippen LogP contribution < -0.4 is 10.6 Å². The number of anilines is 1. The molecule has 0 atom stereocenters. The SMILES string of the molecule is Cc1ccc(N(CCCN)Cc2cc(C)nn2C)cc1. The number of aryl methyl sites for hydroxylation is 3. The van der Waals surface area contributed by atoms with Gasteiger partial charge in [0.1, 0.15) is 0 Å². The van der Waals surface area contributed by atoms with Crippen LogP contribution in [-0.4, -0.2) is 22.9 Å². The van der Waals surface area contributed by atoms with E-state index in [1.165, 1.54) is 16.9 Å². The van der Waals surface area contributed by atoms with Gasteiger partial charge in [0, 0.05) is 19.3 Å². The van der Waals surface area contributed by atoms with Crippen LogP contribution >= 0.6 is 0 Å². The third kappa shape index (κ3) is 3.61. The van der Waals surface area contributed by atoms with E-state index >= 15 is 0 Å². The number of rotatable bonds is 6. The first-order chi connectivity index (χ1) is 9.60. The van der Waals surface area contributed by atoms with Crippen LogP contribution in [0.25, 0.3) is 0 Å². The monoisotopic (exact) mass is 272 g/mol. The third-order valence-electron chi connectivity index (χ3n) is 3.48.